The predicted molar refractivity (Wildman–Crippen MR) is 102 cm³/mol. The molecule has 1 fully saturated rings. The lowest BCUT2D eigenvalue weighted by molar-refractivity contribution is 0.191. The molecule has 4 nitrogen and oxygen atoms in total. The Balaban J connectivity index is 2.18. The standard InChI is InChI=1S/C21H28N2O2/c1-15-8-9-17(16(2)14-15)21(23-12-10-22-11-13-23)20-18(24-3)6-5-7-19(20)25-4/h5-9,14,21-22H,10-13H2,1-4H3. The predicted octanol–water partition coefficient (Wildman–Crippen LogP) is 3.32. The first-order valence-electron chi connectivity index (χ1n) is 8.88. The smallest absolute Gasteiger partial charge is 0.127 e. The number of nitrogens with zero attached hydrogens (tertiary/aromatic N) is 1. The molecule has 1 N–H and O–H groups in total. The summed E-state index contributed by atoms with van der Waals surface area (Å²) in [6.07, 6.45) is 0. The number of piperazine rings is 1. The third-order valence-corrected chi connectivity index (χ3v) is 4.98. The van der Waals surface area contributed by atoms with Crippen LogP contribution in [0.25, 0.3) is 0 Å². The van der Waals surface area contributed by atoms with Gasteiger partial charge < -0.3 is 14.8 Å². The molecular weight excluding hydrogens is 312 g/mol. The molecule has 0 aromatic heterocycles. The molecule has 1 unspecified atom stereocenters. The zero-order chi connectivity index (χ0) is 17.8. The second-order valence-corrected chi connectivity index (χ2v) is 6.62. The first kappa shape index (κ1) is 17.8. The second-order valence-electron chi connectivity index (χ2n) is 6.62. The molecule has 134 valence electrons. The highest BCUT2D eigenvalue weighted by molar-refractivity contribution is 5.52. The van der Waals surface area contributed by atoms with Crippen molar-refractivity contribution in [3.05, 3.63) is 58.7 Å². The maximum Gasteiger partial charge on any atom is 0.127 e. The highest BCUT2D eigenvalue weighted by Gasteiger charge is 2.30. The van der Waals surface area contributed by atoms with Crippen molar-refractivity contribution < 1.29 is 9.47 Å². The van der Waals surface area contributed by atoms with Crippen molar-refractivity contribution >= 4 is 0 Å². The second kappa shape index (κ2) is 7.89. The summed E-state index contributed by atoms with van der Waals surface area (Å²) in [6.45, 7) is 8.33. The lowest BCUT2D eigenvalue weighted by Crippen LogP contribution is -2.45. The lowest BCUT2D eigenvalue weighted by Gasteiger charge is -2.37. The van der Waals surface area contributed by atoms with Crippen LogP contribution in [-0.2, 0) is 0 Å². The molecule has 0 bridgehead atoms. The van der Waals surface area contributed by atoms with Crippen LogP contribution in [-0.4, -0.2) is 45.3 Å². The average Bonchev–Trinajstić information content (AvgIpc) is 2.64. The number of aryl methyl sites for hydroxylation is 2. The van der Waals surface area contributed by atoms with Gasteiger partial charge in [-0.1, -0.05) is 29.8 Å². The van der Waals surface area contributed by atoms with Gasteiger partial charge in [0.25, 0.3) is 0 Å². The number of rotatable bonds is 5. The van der Waals surface area contributed by atoms with Crippen molar-refractivity contribution in [2.24, 2.45) is 0 Å². The molecule has 0 spiro atoms. The van der Waals surface area contributed by atoms with Crippen molar-refractivity contribution in [1.29, 1.82) is 0 Å². The minimum absolute atomic E-state index is 0.119. The quantitative estimate of drug-likeness (QED) is 0.905. The highest BCUT2D eigenvalue weighted by Crippen LogP contribution is 2.41. The van der Waals surface area contributed by atoms with E-state index in [4.69, 9.17) is 9.47 Å². The monoisotopic (exact) mass is 340 g/mol. The summed E-state index contributed by atoms with van der Waals surface area (Å²) in [5.74, 6) is 1.76. The maximum atomic E-state index is 5.72. The molecule has 2 aromatic carbocycles. The molecule has 25 heavy (non-hydrogen) atoms. The molecule has 1 aliphatic heterocycles. The zero-order valence-electron chi connectivity index (χ0n) is 15.6. The Morgan fingerprint density at radius 1 is 0.960 bits per heavy atom. The summed E-state index contributed by atoms with van der Waals surface area (Å²) in [7, 11) is 3.46. The molecule has 2 aromatic rings. The summed E-state index contributed by atoms with van der Waals surface area (Å²) in [5.41, 5.74) is 5.01. The van der Waals surface area contributed by atoms with Crippen LogP contribution in [0.1, 0.15) is 28.3 Å². The van der Waals surface area contributed by atoms with Crippen LogP contribution in [0, 0.1) is 13.8 Å². The van der Waals surface area contributed by atoms with Gasteiger partial charge in [-0.2, -0.15) is 0 Å². The van der Waals surface area contributed by atoms with Crippen molar-refractivity contribution in [2.45, 2.75) is 19.9 Å². The Kier molecular flexibility index (Phi) is 5.61. The van der Waals surface area contributed by atoms with E-state index >= 15 is 0 Å². The normalized spacial score (nSPS) is 16.5. The fraction of sp³-hybridized carbons (Fsp3) is 0.429. The van der Waals surface area contributed by atoms with Gasteiger partial charge in [0.2, 0.25) is 0 Å². The summed E-state index contributed by atoms with van der Waals surface area (Å²) in [5, 5.41) is 3.45. The van der Waals surface area contributed by atoms with E-state index in [1.54, 1.807) is 14.2 Å². The largest absolute Gasteiger partial charge is 0.496 e. The first-order chi connectivity index (χ1) is 12.2. The fourth-order valence-electron chi connectivity index (χ4n) is 3.76. The molecule has 4 heteroatoms. The van der Waals surface area contributed by atoms with E-state index in [1.807, 2.05) is 18.2 Å². The van der Waals surface area contributed by atoms with Crippen molar-refractivity contribution in [2.75, 3.05) is 40.4 Å². The minimum atomic E-state index is 0.119. The average molecular weight is 340 g/mol. The van der Waals surface area contributed by atoms with Crippen molar-refractivity contribution in [3.8, 4) is 11.5 Å². The van der Waals surface area contributed by atoms with Gasteiger partial charge >= 0.3 is 0 Å². The van der Waals surface area contributed by atoms with Crippen molar-refractivity contribution in [1.82, 2.24) is 10.2 Å². The maximum absolute atomic E-state index is 5.72. The van der Waals surface area contributed by atoms with Crippen LogP contribution < -0.4 is 14.8 Å². The van der Waals surface area contributed by atoms with Crippen LogP contribution in [0.15, 0.2) is 36.4 Å². The van der Waals surface area contributed by atoms with Crippen molar-refractivity contribution in [3.63, 3.8) is 0 Å². The highest BCUT2D eigenvalue weighted by atomic mass is 16.5. The minimum Gasteiger partial charge on any atom is -0.496 e. The van der Waals surface area contributed by atoms with E-state index in [1.165, 1.54) is 16.7 Å². The molecule has 1 atom stereocenters. The van der Waals surface area contributed by atoms with Gasteiger partial charge in [0, 0.05) is 26.2 Å². The number of hydrogen-bond donors (Lipinski definition) is 1. The van der Waals surface area contributed by atoms with Gasteiger partial charge in [-0.15, -0.1) is 0 Å². The van der Waals surface area contributed by atoms with E-state index in [0.29, 0.717) is 0 Å². The number of benzene rings is 2. The number of hydrogen-bond acceptors (Lipinski definition) is 4. The molecule has 1 heterocycles. The van der Waals surface area contributed by atoms with Gasteiger partial charge in [-0.3, -0.25) is 4.90 Å². The molecule has 1 saturated heterocycles. The Morgan fingerprint density at radius 2 is 1.60 bits per heavy atom. The summed E-state index contributed by atoms with van der Waals surface area (Å²) < 4.78 is 11.4. The van der Waals surface area contributed by atoms with Gasteiger partial charge in [0.15, 0.2) is 0 Å². The first-order valence-corrected chi connectivity index (χ1v) is 8.88. The van der Waals surface area contributed by atoms with E-state index in [2.05, 4.69) is 42.3 Å². The molecule has 0 aliphatic carbocycles. The van der Waals surface area contributed by atoms with Crippen LogP contribution in [0.3, 0.4) is 0 Å². The Morgan fingerprint density at radius 3 is 2.16 bits per heavy atom. The number of ether oxygens (including phenoxy) is 2. The third-order valence-electron chi connectivity index (χ3n) is 4.98. The summed E-state index contributed by atoms with van der Waals surface area (Å²) in [4.78, 5) is 2.52. The van der Waals surface area contributed by atoms with Gasteiger partial charge in [-0.25, -0.2) is 0 Å². The van der Waals surface area contributed by atoms with E-state index in [9.17, 15) is 0 Å². The van der Waals surface area contributed by atoms with Crippen LogP contribution >= 0.6 is 0 Å². The van der Waals surface area contributed by atoms with E-state index < -0.39 is 0 Å². The van der Waals surface area contributed by atoms with Gasteiger partial charge in [0.05, 0.1) is 25.8 Å². The molecule has 1 aliphatic rings. The number of methoxy groups -OCH3 is 2. The Bertz CT molecular complexity index is 702. The summed E-state index contributed by atoms with van der Waals surface area (Å²) in [6, 6.07) is 12.9. The van der Waals surface area contributed by atoms with Crippen LogP contribution in [0.5, 0.6) is 11.5 Å². The number of nitrogens with one attached hydrogen (secondary N) is 1. The van der Waals surface area contributed by atoms with Gasteiger partial charge in [0.1, 0.15) is 11.5 Å². The Labute approximate surface area is 150 Å². The van der Waals surface area contributed by atoms with Crippen LogP contribution in [0.4, 0.5) is 0 Å². The topological polar surface area (TPSA) is 33.7 Å². The molecule has 0 amide bonds. The molecule has 0 saturated carbocycles. The molecular formula is C21H28N2O2. The third kappa shape index (κ3) is 3.65. The molecule has 0 radical (unpaired) electrons. The summed E-state index contributed by atoms with van der Waals surface area (Å²) >= 11 is 0. The fourth-order valence-corrected chi connectivity index (χ4v) is 3.76. The Hall–Kier alpha value is -2.04. The van der Waals surface area contributed by atoms with Crippen LogP contribution in [0.2, 0.25) is 0 Å². The van der Waals surface area contributed by atoms with Gasteiger partial charge in [-0.05, 0) is 37.1 Å². The van der Waals surface area contributed by atoms with E-state index in [-0.39, 0.29) is 6.04 Å². The zero-order valence-corrected chi connectivity index (χ0v) is 15.6. The van der Waals surface area contributed by atoms with E-state index in [0.717, 1.165) is 43.2 Å². The molecule has 3 rings (SSSR count). The lowest BCUT2D eigenvalue weighted by atomic mass is 9.91. The SMILES string of the molecule is COc1cccc(OC)c1C(c1ccc(C)cc1C)N1CCNCC1.